The zero-order valence-corrected chi connectivity index (χ0v) is 16.2. The van der Waals surface area contributed by atoms with E-state index in [1.807, 2.05) is 6.07 Å². The van der Waals surface area contributed by atoms with E-state index in [4.69, 9.17) is 16.9 Å². The van der Waals surface area contributed by atoms with Gasteiger partial charge in [-0.1, -0.05) is 27.5 Å². The fraction of sp³-hybridized carbons (Fsp3) is 0.125. The number of carbonyl (C=O) groups is 1. The van der Waals surface area contributed by atoms with Crippen molar-refractivity contribution in [3.8, 4) is 6.07 Å². The normalized spacial score (nSPS) is 11.2. The van der Waals surface area contributed by atoms with Crippen molar-refractivity contribution in [3.05, 3.63) is 57.5 Å². The number of nitrogens with zero attached hydrogens (tertiary/aromatic N) is 2. The molecule has 0 fully saturated rings. The molecule has 0 saturated carbocycles. The highest BCUT2D eigenvalue weighted by Crippen LogP contribution is 2.20. The summed E-state index contributed by atoms with van der Waals surface area (Å²) in [5, 5.41) is 11.8. The molecule has 0 unspecified atom stereocenters. The summed E-state index contributed by atoms with van der Waals surface area (Å²) >= 11 is 9.07. The van der Waals surface area contributed by atoms with Crippen LogP contribution in [0, 0.1) is 11.3 Å². The van der Waals surface area contributed by atoms with Crippen LogP contribution in [0.25, 0.3) is 0 Å². The Kier molecular flexibility index (Phi) is 6.19. The molecule has 9 heteroatoms. The Morgan fingerprint density at radius 1 is 1.28 bits per heavy atom. The summed E-state index contributed by atoms with van der Waals surface area (Å²) in [5.41, 5.74) is 0.579. The number of hydrogen-bond donors (Lipinski definition) is 1. The molecule has 130 valence electrons. The third kappa shape index (κ3) is 4.80. The minimum Gasteiger partial charge on any atom is -0.325 e. The Balaban J connectivity index is 2.09. The smallest absolute Gasteiger partial charge is 0.243 e. The molecule has 0 bridgehead atoms. The molecule has 0 atom stereocenters. The van der Waals surface area contributed by atoms with Gasteiger partial charge in [0, 0.05) is 17.2 Å². The quantitative estimate of drug-likeness (QED) is 0.770. The molecule has 0 heterocycles. The molecular formula is C16H13BrClN3O3S. The molecule has 0 aliphatic rings. The van der Waals surface area contributed by atoms with Gasteiger partial charge < -0.3 is 5.32 Å². The topological polar surface area (TPSA) is 90.3 Å². The second-order valence-electron chi connectivity index (χ2n) is 5.07. The first-order valence-electron chi connectivity index (χ1n) is 6.95. The van der Waals surface area contributed by atoms with Gasteiger partial charge >= 0.3 is 0 Å². The zero-order valence-electron chi connectivity index (χ0n) is 13.0. The predicted octanol–water partition coefficient (Wildman–Crippen LogP) is 3.23. The van der Waals surface area contributed by atoms with Crippen molar-refractivity contribution in [2.45, 2.75) is 4.90 Å². The summed E-state index contributed by atoms with van der Waals surface area (Å²) in [6.45, 7) is -0.372. The van der Waals surface area contributed by atoms with E-state index in [1.165, 1.54) is 37.4 Å². The summed E-state index contributed by atoms with van der Waals surface area (Å²) in [7, 11) is -2.47. The van der Waals surface area contributed by atoms with Crippen molar-refractivity contribution in [2.75, 3.05) is 18.9 Å². The Morgan fingerprint density at radius 3 is 2.52 bits per heavy atom. The largest absolute Gasteiger partial charge is 0.325 e. The highest BCUT2D eigenvalue weighted by molar-refractivity contribution is 9.10. The number of nitriles is 1. The van der Waals surface area contributed by atoms with Gasteiger partial charge in [0.15, 0.2) is 0 Å². The second-order valence-corrected chi connectivity index (χ2v) is 8.44. The molecule has 2 rings (SSSR count). The maximum atomic E-state index is 12.4. The summed E-state index contributed by atoms with van der Waals surface area (Å²) < 4.78 is 26.6. The van der Waals surface area contributed by atoms with Crippen LogP contribution in [0.5, 0.6) is 0 Å². The van der Waals surface area contributed by atoms with E-state index in [0.717, 1.165) is 8.78 Å². The van der Waals surface area contributed by atoms with Gasteiger partial charge in [0.1, 0.15) is 6.07 Å². The first-order chi connectivity index (χ1) is 11.7. The zero-order chi connectivity index (χ0) is 18.6. The Morgan fingerprint density at radius 2 is 1.92 bits per heavy atom. The van der Waals surface area contributed by atoms with Crippen molar-refractivity contribution in [1.82, 2.24) is 4.31 Å². The average Bonchev–Trinajstić information content (AvgIpc) is 2.56. The average molecular weight is 443 g/mol. The molecule has 0 aliphatic carbocycles. The third-order valence-electron chi connectivity index (χ3n) is 3.26. The lowest BCUT2D eigenvalue weighted by Crippen LogP contribution is -2.34. The van der Waals surface area contributed by atoms with Gasteiger partial charge in [-0.2, -0.15) is 9.57 Å². The fourth-order valence-corrected chi connectivity index (χ4v) is 3.51. The number of nitrogens with one attached hydrogen (secondary N) is 1. The fourth-order valence-electron chi connectivity index (χ4n) is 1.96. The number of sulfonamides is 1. The lowest BCUT2D eigenvalue weighted by Gasteiger charge is -2.17. The third-order valence-corrected chi connectivity index (χ3v) is 5.93. The predicted molar refractivity (Wildman–Crippen MR) is 98.8 cm³/mol. The molecule has 2 aromatic rings. The molecule has 6 nitrogen and oxygen atoms in total. The molecule has 0 spiro atoms. The maximum Gasteiger partial charge on any atom is 0.243 e. The SMILES string of the molecule is CN(CC(=O)Nc1ccc(Cl)c(C#N)c1)S(=O)(=O)c1ccc(Br)cc1. The van der Waals surface area contributed by atoms with Gasteiger partial charge in [0.05, 0.1) is 22.0 Å². The lowest BCUT2D eigenvalue weighted by molar-refractivity contribution is -0.116. The second kappa shape index (κ2) is 7.97. The molecule has 1 amide bonds. The monoisotopic (exact) mass is 441 g/mol. The van der Waals surface area contributed by atoms with Crippen molar-refractivity contribution >= 4 is 49.1 Å². The van der Waals surface area contributed by atoms with Gasteiger partial charge in [-0.05, 0) is 42.5 Å². The van der Waals surface area contributed by atoms with Gasteiger partial charge in [-0.25, -0.2) is 8.42 Å². The summed E-state index contributed by atoms with van der Waals surface area (Å²) in [6, 6.07) is 12.5. The molecule has 0 radical (unpaired) electrons. The summed E-state index contributed by atoms with van der Waals surface area (Å²) in [6.07, 6.45) is 0. The summed E-state index contributed by atoms with van der Waals surface area (Å²) in [4.78, 5) is 12.2. The Hall–Kier alpha value is -1.92. The van der Waals surface area contributed by atoms with Gasteiger partial charge in [-0.15, -0.1) is 0 Å². The number of likely N-dealkylation sites (N-methyl/N-ethyl adjacent to an activating group) is 1. The van der Waals surface area contributed by atoms with Crippen molar-refractivity contribution < 1.29 is 13.2 Å². The number of benzene rings is 2. The van der Waals surface area contributed by atoms with Crippen molar-refractivity contribution in [2.24, 2.45) is 0 Å². The molecular weight excluding hydrogens is 430 g/mol. The first-order valence-corrected chi connectivity index (χ1v) is 9.56. The minimum absolute atomic E-state index is 0.0873. The number of carbonyl (C=O) groups excluding carboxylic acids is 1. The van der Waals surface area contributed by atoms with E-state index in [1.54, 1.807) is 12.1 Å². The van der Waals surface area contributed by atoms with E-state index in [2.05, 4.69) is 21.2 Å². The standard InChI is InChI=1S/C16H13BrClN3O3S/c1-21(25(23,24)14-5-2-12(17)3-6-14)10-16(22)20-13-4-7-15(18)11(8-13)9-19/h2-8H,10H2,1H3,(H,20,22). The van der Waals surface area contributed by atoms with Gasteiger partial charge in [-0.3, -0.25) is 4.79 Å². The van der Waals surface area contributed by atoms with E-state index < -0.39 is 15.9 Å². The van der Waals surface area contributed by atoms with Crippen molar-refractivity contribution in [3.63, 3.8) is 0 Å². The lowest BCUT2D eigenvalue weighted by atomic mass is 10.2. The van der Waals surface area contributed by atoms with Gasteiger partial charge in [0.25, 0.3) is 0 Å². The van der Waals surface area contributed by atoms with Crippen LogP contribution < -0.4 is 5.32 Å². The van der Waals surface area contributed by atoms with Crippen LogP contribution in [0.2, 0.25) is 5.02 Å². The van der Waals surface area contributed by atoms with E-state index in [-0.39, 0.29) is 22.0 Å². The number of hydrogen-bond acceptors (Lipinski definition) is 4. The van der Waals surface area contributed by atoms with Crippen LogP contribution >= 0.6 is 27.5 Å². The molecule has 1 N–H and O–H groups in total. The van der Waals surface area contributed by atoms with Crippen LogP contribution in [-0.4, -0.2) is 32.2 Å². The highest BCUT2D eigenvalue weighted by atomic mass is 79.9. The molecule has 25 heavy (non-hydrogen) atoms. The number of anilines is 1. The van der Waals surface area contributed by atoms with Crippen LogP contribution in [0.1, 0.15) is 5.56 Å². The number of rotatable bonds is 5. The van der Waals surface area contributed by atoms with E-state index in [9.17, 15) is 13.2 Å². The Labute approximate surface area is 159 Å². The van der Waals surface area contributed by atoms with Gasteiger partial charge in [0.2, 0.25) is 15.9 Å². The maximum absolute atomic E-state index is 12.4. The molecule has 0 aromatic heterocycles. The van der Waals surface area contributed by atoms with Crippen LogP contribution in [0.3, 0.4) is 0 Å². The van der Waals surface area contributed by atoms with Crippen LogP contribution in [0.15, 0.2) is 51.8 Å². The van der Waals surface area contributed by atoms with E-state index >= 15 is 0 Å². The molecule has 0 saturated heterocycles. The summed E-state index contributed by atoms with van der Waals surface area (Å²) in [5.74, 6) is -0.533. The van der Waals surface area contributed by atoms with Crippen molar-refractivity contribution in [1.29, 1.82) is 5.26 Å². The minimum atomic E-state index is -3.78. The number of amides is 1. The number of halogens is 2. The highest BCUT2D eigenvalue weighted by Gasteiger charge is 2.23. The van der Waals surface area contributed by atoms with E-state index in [0.29, 0.717) is 5.69 Å². The Bertz CT molecular complexity index is 940. The molecule has 2 aromatic carbocycles. The molecule has 0 aliphatic heterocycles. The first kappa shape index (κ1) is 19.4. The van der Waals surface area contributed by atoms with Crippen LogP contribution in [-0.2, 0) is 14.8 Å². The van der Waals surface area contributed by atoms with Crippen LogP contribution in [0.4, 0.5) is 5.69 Å².